The topological polar surface area (TPSA) is 51.0 Å². The van der Waals surface area contributed by atoms with Crippen LogP contribution in [0, 0.1) is 6.92 Å². The van der Waals surface area contributed by atoms with E-state index in [1.165, 1.54) is 0 Å². The number of pyridine rings is 1. The van der Waals surface area contributed by atoms with Crippen molar-refractivity contribution >= 4 is 16.9 Å². The van der Waals surface area contributed by atoms with Gasteiger partial charge in [-0.1, -0.05) is 0 Å². The molecule has 2 aromatic rings. The summed E-state index contributed by atoms with van der Waals surface area (Å²) in [7, 11) is 1.86. The number of carbonyl (C=O) groups is 1. The first-order chi connectivity index (χ1) is 11.1. The molecule has 5 nitrogen and oxygen atoms in total. The van der Waals surface area contributed by atoms with Crippen LogP contribution in [-0.2, 0) is 5.54 Å². The predicted octanol–water partition coefficient (Wildman–Crippen LogP) is 3.85. The van der Waals surface area contributed by atoms with Crippen LogP contribution in [0.1, 0.15) is 75.1 Å². The van der Waals surface area contributed by atoms with Gasteiger partial charge in [-0.2, -0.15) is 5.10 Å². The van der Waals surface area contributed by atoms with Gasteiger partial charge in [-0.05, 0) is 60.5 Å². The van der Waals surface area contributed by atoms with Crippen LogP contribution in [-0.4, -0.2) is 38.7 Å². The summed E-state index contributed by atoms with van der Waals surface area (Å²) < 4.78 is 1.97. The summed E-state index contributed by atoms with van der Waals surface area (Å²) in [6, 6.07) is 2.16. The van der Waals surface area contributed by atoms with E-state index in [0.717, 1.165) is 40.8 Å². The Morgan fingerprint density at radius 2 is 1.96 bits per heavy atom. The Bertz CT molecular complexity index is 794. The Balaban J connectivity index is 2.27. The van der Waals surface area contributed by atoms with Gasteiger partial charge in [-0.3, -0.25) is 4.79 Å². The molecule has 0 atom stereocenters. The van der Waals surface area contributed by atoms with E-state index in [0.29, 0.717) is 5.92 Å². The molecule has 0 aromatic carbocycles. The number of hydrogen-bond acceptors (Lipinski definition) is 3. The summed E-state index contributed by atoms with van der Waals surface area (Å²) in [4.78, 5) is 19.8. The Morgan fingerprint density at radius 1 is 1.33 bits per heavy atom. The van der Waals surface area contributed by atoms with E-state index in [2.05, 4.69) is 20.8 Å². The van der Waals surface area contributed by atoms with Gasteiger partial charge in [0.15, 0.2) is 5.65 Å². The van der Waals surface area contributed by atoms with Crippen LogP contribution in [0.5, 0.6) is 0 Å². The lowest BCUT2D eigenvalue weighted by molar-refractivity contribution is 0.0756. The molecule has 0 bridgehead atoms. The van der Waals surface area contributed by atoms with E-state index in [4.69, 9.17) is 10.1 Å². The molecule has 1 aliphatic carbocycles. The highest BCUT2D eigenvalue weighted by atomic mass is 16.2. The van der Waals surface area contributed by atoms with Crippen molar-refractivity contribution < 1.29 is 4.79 Å². The first kappa shape index (κ1) is 16.9. The SMILES string of the molecule is Cc1nn(C(C)(C)C)c2nc(C3CC3)cc(C(=O)N(C)C(C)C)c12. The van der Waals surface area contributed by atoms with E-state index >= 15 is 0 Å². The molecule has 1 aliphatic rings. The maximum Gasteiger partial charge on any atom is 0.254 e. The molecule has 0 spiro atoms. The summed E-state index contributed by atoms with van der Waals surface area (Å²) in [6.07, 6.45) is 2.32. The van der Waals surface area contributed by atoms with Crippen molar-refractivity contribution in [1.82, 2.24) is 19.7 Å². The van der Waals surface area contributed by atoms with Crippen molar-refractivity contribution in [2.75, 3.05) is 7.05 Å². The van der Waals surface area contributed by atoms with Crippen LogP contribution in [0.15, 0.2) is 6.07 Å². The first-order valence-electron chi connectivity index (χ1n) is 8.79. The summed E-state index contributed by atoms with van der Waals surface area (Å²) in [5.41, 5.74) is 3.31. The van der Waals surface area contributed by atoms with E-state index in [9.17, 15) is 4.79 Å². The zero-order chi connectivity index (χ0) is 17.8. The zero-order valence-corrected chi connectivity index (χ0v) is 15.8. The summed E-state index contributed by atoms with van der Waals surface area (Å²) in [5, 5.41) is 5.61. The lowest BCUT2D eigenvalue weighted by atomic mass is 10.1. The second-order valence-electron chi connectivity index (χ2n) is 8.25. The minimum atomic E-state index is -0.175. The normalized spacial score (nSPS) is 15.3. The first-order valence-corrected chi connectivity index (χ1v) is 8.79. The maximum absolute atomic E-state index is 13.1. The molecule has 0 N–H and O–H groups in total. The number of carbonyl (C=O) groups excluding carboxylic acids is 1. The van der Waals surface area contributed by atoms with Gasteiger partial charge in [0.1, 0.15) is 0 Å². The van der Waals surface area contributed by atoms with Gasteiger partial charge in [0.25, 0.3) is 5.91 Å². The van der Waals surface area contributed by atoms with Crippen LogP contribution in [0.3, 0.4) is 0 Å². The van der Waals surface area contributed by atoms with Gasteiger partial charge < -0.3 is 4.90 Å². The fourth-order valence-electron chi connectivity index (χ4n) is 2.96. The minimum Gasteiger partial charge on any atom is -0.339 e. The smallest absolute Gasteiger partial charge is 0.254 e. The molecule has 1 amide bonds. The highest BCUT2D eigenvalue weighted by Crippen LogP contribution is 2.41. The number of aryl methyl sites for hydroxylation is 1. The van der Waals surface area contributed by atoms with Crippen molar-refractivity contribution in [3.8, 4) is 0 Å². The van der Waals surface area contributed by atoms with Crippen molar-refractivity contribution in [3.63, 3.8) is 0 Å². The van der Waals surface area contributed by atoms with Gasteiger partial charge in [0.2, 0.25) is 0 Å². The van der Waals surface area contributed by atoms with Gasteiger partial charge in [-0.15, -0.1) is 0 Å². The molecule has 1 saturated carbocycles. The van der Waals surface area contributed by atoms with E-state index in [1.807, 2.05) is 38.6 Å². The molecular formula is C19H28N4O. The standard InChI is InChI=1S/C19H28N4O/c1-11(2)22(7)18(24)14-10-15(13-8-9-13)20-17-16(14)12(3)21-23(17)19(4,5)6/h10-11,13H,8-9H2,1-7H3. The number of amides is 1. The second-order valence-corrected chi connectivity index (χ2v) is 8.25. The fourth-order valence-corrected chi connectivity index (χ4v) is 2.96. The number of fused-ring (bicyclic) bond motifs is 1. The Kier molecular flexibility index (Phi) is 3.93. The zero-order valence-electron chi connectivity index (χ0n) is 15.8. The molecule has 2 aromatic heterocycles. The highest BCUT2D eigenvalue weighted by Gasteiger charge is 2.31. The van der Waals surface area contributed by atoms with Crippen molar-refractivity contribution in [1.29, 1.82) is 0 Å². The molecule has 0 aliphatic heterocycles. The van der Waals surface area contributed by atoms with Gasteiger partial charge in [-0.25, -0.2) is 9.67 Å². The molecule has 2 heterocycles. The van der Waals surface area contributed by atoms with Crippen molar-refractivity contribution in [2.24, 2.45) is 0 Å². The average Bonchev–Trinajstić information content (AvgIpc) is 3.28. The van der Waals surface area contributed by atoms with E-state index < -0.39 is 0 Å². The average molecular weight is 328 g/mol. The Morgan fingerprint density at radius 3 is 2.46 bits per heavy atom. The summed E-state index contributed by atoms with van der Waals surface area (Å²) in [5.74, 6) is 0.546. The van der Waals surface area contributed by atoms with E-state index in [1.54, 1.807) is 4.90 Å². The Labute approximate surface area is 144 Å². The summed E-state index contributed by atoms with van der Waals surface area (Å²) >= 11 is 0. The Hall–Kier alpha value is -1.91. The van der Waals surface area contributed by atoms with Crippen LogP contribution in [0.4, 0.5) is 0 Å². The van der Waals surface area contributed by atoms with Crippen LogP contribution >= 0.6 is 0 Å². The largest absolute Gasteiger partial charge is 0.339 e. The van der Waals surface area contributed by atoms with E-state index in [-0.39, 0.29) is 17.5 Å². The third-order valence-electron chi connectivity index (χ3n) is 4.79. The molecule has 0 saturated heterocycles. The van der Waals surface area contributed by atoms with Crippen LogP contribution in [0.25, 0.3) is 11.0 Å². The molecule has 1 fully saturated rings. The van der Waals surface area contributed by atoms with Crippen LogP contribution < -0.4 is 0 Å². The lowest BCUT2D eigenvalue weighted by Crippen LogP contribution is -2.33. The second kappa shape index (κ2) is 5.57. The predicted molar refractivity (Wildman–Crippen MR) is 96.5 cm³/mol. The molecule has 0 radical (unpaired) electrons. The van der Waals surface area contributed by atoms with Gasteiger partial charge in [0, 0.05) is 24.7 Å². The van der Waals surface area contributed by atoms with Gasteiger partial charge in [0.05, 0.1) is 22.2 Å². The quantitative estimate of drug-likeness (QED) is 0.860. The molecule has 0 unspecified atom stereocenters. The monoisotopic (exact) mass is 328 g/mol. The fraction of sp³-hybridized carbons (Fsp3) is 0.632. The molecule has 5 heteroatoms. The summed E-state index contributed by atoms with van der Waals surface area (Å²) in [6.45, 7) is 12.4. The number of hydrogen-bond donors (Lipinski definition) is 0. The minimum absolute atomic E-state index is 0.0517. The molecular weight excluding hydrogens is 300 g/mol. The third-order valence-corrected chi connectivity index (χ3v) is 4.79. The molecule has 24 heavy (non-hydrogen) atoms. The number of aromatic nitrogens is 3. The number of nitrogens with zero attached hydrogens (tertiary/aromatic N) is 4. The molecule has 130 valence electrons. The lowest BCUT2D eigenvalue weighted by Gasteiger charge is -2.23. The third kappa shape index (κ3) is 2.80. The molecule has 3 rings (SSSR count). The maximum atomic E-state index is 13.1. The van der Waals surface area contributed by atoms with Crippen molar-refractivity contribution in [3.05, 3.63) is 23.0 Å². The van der Waals surface area contributed by atoms with Crippen LogP contribution in [0.2, 0.25) is 0 Å². The number of rotatable bonds is 3. The van der Waals surface area contributed by atoms with Gasteiger partial charge >= 0.3 is 0 Å². The highest BCUT2D eigenvalue weighted by molar-refractivity contribution is 6.06. The van der Waals surface area contributed by atoms with Crippen molar-refractivity contribution in [2.45, 2.75) is 71.9 Å².